The highest BCUT2D eigenvalue weighted by molar-refractivity contribution is 5.80. The van der Waals surface area contributed by atoms with Gasteiger partial charge in [0.25, 0.3) is 0 Å². The van der Waals surface area contributed by atoms with Crippen LogP contribution in [0.1, 0.15) is 26.2 Å². The summed E-state index contributed by atoms with van der Waals surface area (Å²) in [4.78, 5) is 32.1. The van der Waals surface area contributed by atoms with E-state index in [9.17, 15) is 14.4 Å². The molecule has 0 aliphatic rings. The predicted octanol–water partition coefficient (Wildman–Crippen LogP) is -0.0130. The highest BCUT2D eigenvalue weighted by Gasteiger charge is 2.04. The van der Waals surface area contributed by atoms with Crippen LogP contribution < -0.4 is 5.32 Å². The van der Waals surface area contributed by atoms with E-state index in [1.165, 1.54) is 6.92 Å². The summed E-state index contributed by atoms with van der Waals surface area (Å²) in [6.45, 7) is 5.57. The molecule has 0 aromatic rings. The maximum Gasteiger partial charge on any atom is 0.303 e. The van der Waals surface area contributed by atoms with E-state index in [0.29, 0.717) is 65.8 Å². The first-order valence-corrected chi connectivity index (χ1v) is 8.95. The average Bonchev–Trinajstić information content (AvgIpc) is 2.62. The van der Waals surface area contributed by atoms with Gasteiger partial charge in [-0.3, -0.25) is 14.4 Å². The predicted molar refractivity (Wildman–Crippen MR) is 94.4 cm³/mol. The summed E-state index contributed by atoms with van der Waals surface area (Å²) in [5.74, 6) is -1.57. The molecule has 158 valence electrons. The molecule has 2 N–H and O–H groups in total. The Morgan fingerprint density at radius 3 is 1.70 bits per heavy atom. The third-order valence-corrected chi connectivity index (χ3v) is 3.00. The number of ether oxygens (including phenoxy) is 5. The highest BCUT2D eigenvalue weighted by atomic mass is 16.6. The van der Waals surface area contributed by atoms with E-state index in [-0.39, 0.29) is 31.3 Å². The van der Waals surface area contributed by atoms with E-state index in [2.05, 4.69) is 5.32 Å². The van der Waals surface area contributed by atoms with Gasteiger partial charge in [-0.25, -0.2) is 0 Å². The minimum atomic E-state index is -0.983. The van der Waals surface area contributed by atoms with Gasteiger partial charge >= 0.3 is 11.9 Å². The maximum absolute atomic E-state index is 11.2. The molecule has 0 atom stereocenters. The summed E-state index contributed by atoms with van der Waals surface area (Å²) < 4.78 is 25.9. The number of carboxylic acid groups (broad SMARTS) is 1. The van der Waals surface area contributed by atoms with Crippen LogP contribution in [-0.2, 0) is 38.1 Å². The van der Waals surface area contributed by atoms with Crippen molar-refractivity contribution in [3.8, 4) is 0 Å². The van der Waals surface area contributed by atoms with Crippen LogP contribution >= 0.6 is 0 Å². The molecule has 0 aromatic carbocycles. The van der Waals surface area contributed by atoms with Gasteiger partial charge in [-0.1, -0.05) is 0 Å². The Morgan fingerprint density at radius 2 is 1.22 bits per heavy atom. The van der Waals surface area contributed by atoms with Gasteiger partial charge in [0.05, 0.1) is 52.7 Å². The largest absolute Gasteiger partial charge is 0.481 e. The number of nitrogens with one attached hydrogen (secondary N) is 1. The second kappa shape index (κ2) is 19.0. The van der Waals surface area contributed by atoms with E-state index >= 15 is 0 Å². The van der Waals surface area contributed by atoms with Crippen molar-refractivity contribution in [3.05, 3.63) is 0 Å². The fourth-order valence-electron chi connectivity index (χ4n) is 1.72. The van der Waals surface area contributed by atoms with Crippen LogP contribution in [0.2, 0.25) is 0 Å². The second-order valence-electron chi connectivity index (χ2n) is 5.39. The highest BCUT2D eigenvalue weighted by Crippen LogP contribution is 1.89. The zero-order valence-corrected chi connectivity index (χ0v) is 15.9. The van der Waals surface area contributed by atoms with Crippen LogP contribution in [0.25, 0.3) is 0 Å². The molecule has 0 rings (SSSR count). The molecule has 0 bridgehead atoms. The van der Waals surface area contributed by atoms with E-state index in [4.69, 9.17) is 28.8 Å². The minimum absolute atomic E-state index is 0.00743. The van der Waals surface area contributed by atoms with Gasteiger partial charge in [-0.05, 0) is 6.42 Å². The third-order valence-electron chi connectivity index (χ3n) is 3.00. The van der Waals surface area contributed by atoms with Crippen molar-refractivity contribution >= 4 is 17.8 Å². The Hall–Kier alpha value is -1.75. The molecule has 10 nitrogen and oxygen atoms in total. The summed E-state index contributed by atoms with van der Waals surface area (Å²) in [7, 11) is 0. The monoisotopic (exact) mass is 393 g/mol. The lowest BCUT2D eigenvalue weighted by Gasteiger charge is -2.08. The smallest absolute Gasteiger partial charge is 0.303 e. The number of amides is 1. The summed E-state index contributed by atoms with van der Waals surface area (Å²) >= 11 is 0. The van der Waals surface area contributed by atoms with Gasteiger partial charge < -0.3 is 34.1 Å². The van der Waals surface area contributed by atoms with Crippen molar-refractivity contribution in [2.75, 3.05) is 66.0 Å². The molecular weight excluding hydrogens is 362 g/mol. The molecule has 0 saturated carbocycles. The molecule has 0 spiro atoms. The molecule has 0 saturated heterocycles. The summed E-state index contributed by atoms with van der Waals surface area (Å²) in [5.41, 5.74) is 0. The molecule has 0 aliphatic carbocycles. The summed E-state index contributed by atoms with van der Waals surface area (Å²) in [5, 5.41) is 11.1. The van der Waals surface area contributed by atoms with Crippen LogP contribution in [0.5, 0.6) is 0 Å². The zero-order valence-electron chi connectivity index (χ0n) is 15.9. The quantitative estimate of drug-likeness (QED) is 0.230. The van der Waals surface area contributed by atoms with Crippen molar-refractivity contribution in [3.63, 3.8) is 0 Å². The van der Waals surface area contributed by atoms with Crippen molar-refractivity contribution in [1.82, 2.24) is 5.32 Å². The molecule has 0 aliphatic heterocycles. The molecule has 27 heavy (non-hydrogen) atoms. The molecule has 0 aromatic heterocycles. The second-order valence-corrected chi connectivity index (χ2v) is 5.39. The third kappa shape index (κ3) is 22.2. The van der Waals surface area contributed by atoms with Crippen molar-refractivity contribution in [2.45, 2.75) is 26.2 Å². The van der Waals surface area contributed by atoms with E-state index in [1.807, 2.05) is 0 Å². The first-order chi connectivity index (χ1) is 13.0. The number of carbonyl (C=O) groups excluding carboxylic acids is 2. The lowest BCUT2D eigenvalue weighted by Crippen LogP contribution is -2.25. The molecule has 10 heteroatoms. The van der Waals surface area contributed by atoms with Crippen LogP contribution in [0.15, 0.2) is 0 Å². The van der Waals surface area contributed by atoms with Gasteiger partial charge in [0, 0.05) is 26.5 Å². The van der Waals surface area contributed by atoms with Gasteiger partial charge in [0.2, 0.25) is 5.91 Å². The number of hydrogen-bond donors (Lipinski definition) is 2. The fourth-order valence-corrected chi connectivity index (χ4v) is 1.72. The van der Waals surface area contributed by atoms with Crippen molar-refractivity contribution < 1.29 is 43.2 Å². The lowest BCUT2D eigenvalue weighted by atomic mass is 10.3. The Balaban J connectivity index is 3.11. The van der Waals surface area contributed by atoms with E-state index in [0.717, 1.165) is 0 Å². The number of hydrogen-bond acceptors (Lipinski definition) is 8. The lowest BCUT2D eigenvalue weighted by molar-refractivity contribution is -0.142. The molecule has 0 unspecified atom stereocenters. The van der Waals surface area contributed by atoms with Crippen LogP contribution in [0.3, 0.4) is 0 Å². The number of aliphatic carboxylic acids is 1. The van der Waals surface area contributed by atoms with Gasteiger partial charge in [-0.2, -0.15) is 0 Å². The topological polar surface area (TPSA) is 130 Å². The number of rotatable bonds is 19. The Labute approximate surface area is 159 Å². The van der Waals surface area contributed by atoms with Crippen molar-refractivity contribution in [1.29, 1.82) is 0 Å². The number of esters is 1. The zero-order chi connectivity index (χ0) is 20.2. The van der Waals surface area contributed by atoms with Crippen LogP contribution in [-0.4, -0.2) is 89.0 Å². The first-order valence-electron chi connectivity index (χ1n) is 8.95. The SMILES string of the molecule is CC(=O)OCCOCCOCCOCCOCCCNC(=O)CCC(=O)O. The first kappa shape index (κ1) is 25.2. The normalized spacial score (nSPS) is 10.6. The van der Waals surface area contributed by atoms with Crippen molar-refractivity contribution in [2.24, 2.45) is 0 Å². The Bertz CT molecular complexity index is 404. The van der Waals surface area contributed by atoms with Crippen LogP contribution in [0.4, 0.5) is 0 Å². The maximum atomic E-state index is 11.2. The Kier molecular flexibility index (Phi) is 17.8. The van der Waals surface area contributed by atoms with Gasteiger partial charge in [0.15, 0.2) is 0 Å². The van der Waals surface area contributed by atoms with Gasteiger partial charge in [0.1, 0.15) is 6.61 Å². The molecule has 0 heterocycles. The number of carboxylic acids is 1. The standard InChI is InChI=1S/C17H31NO9/c1-15(19)27-14-13-26-12-11-25-10-9-24-8-7-23-6-2-5-18-16(20)3-4-17(21)22/h2-14H2,1H3,(H,18,20)(H,21,22). The van der Waals surface area contributed by atoms with E-state index in [1.54, 1.807) is 0 Å². The molecule has 0 radical (unpaired) electrons. The van der Waals surface area contributed by atoms with Gasteiger partial charge in [-0.15, -0.1) is 0 Å². The minimum Gasteiger partial charge on any atom is -0.481 e. The van der Waals surface area contributed by atoms with E-state index < -0.39 is 5.97 Å². The fraction of sp³-hybridized carbons (Fsp3) is 0.824. The summed E-state index contributed by atoms with van der Waals surface area (Å²) in [6.07, 6.45) is 0.485. The number of carbonyl (C=O) groups is 3. The molecular formula is C17H31NO9. The molecule has 1 amide bonds. The Morgan fingerprint density at radius 1 is 0.741 bits per heavy atom. The van der Waals surface area contributed by atoms with Crippen LogP contribution in [0, 0.1) is 0 Å². The molecule has 0 fully saturated rings. The average molecular weight is 393 g/mol. The summed E-state index contributed by atoms with van der Waals surface area (Å²) in [6, 6.07) is 0.